The lowest BCUT2D eigenvalue weighted by atomic mass is 10.2. The minimum Gasteiger partial charge on any atom is -0.372 e. The molecule has 3 rings (SSSR count). The van der Waals surface area contributed by atoms with Gasteiger partial charge in [0, 0.05) is 38.1 Å². The van der Waals surface area contributed by atoms with Gasteiger partial charge in [-0.3, -0.25) is 4.98 Å². The fraction of sp³-hybridized carbons (Fsp3) is 0.389. The van der Waals surface area contributed by atoms with Crippen molar-refractivity contribution in [2.45, 2.75) is 32.9 Å². The van der Waals surface area contributed by atoms with E-state index in [0.717, 1.165) is 18.8 Å². The Hall–Kier alpha value is -1.87. The van der Waals surface area contributed by atoms with Gasteiger partial charge in [-0.2, -0.15) is 0 Å². The molecular weight excluding hydrogens is 258 g/mol. The highest BCUT2D eigenvalue weighted by Gasteiger charge is 2.11. The van der Waals surface area contributed by atoms with Crippen LogP contribution in [-0.4, -0.2) is 18.1 Å². The molecule has 3 heteroatoms. The molecule has 0 radical (unpaired) electrons. The van der Waals surface area contributed by atoms with E-state index >= 15 is 0 Å². The fourth-order valence-electron chi connectivity index (χ4n) is 2.83. The Morgan fingerprint density at radius 2 is 1.81 bits per heavy atom. The highest BCUT2D eigenvalue weighted by atomic mass is 15.1. The number of rotatable bonds is 5. The monoisotopic (exact) mass is 281 g/mol. The van der Waals surface area contributed by atoms with E-state index in [4.69, 9.17) is 0 Å². The van der Waals surface area contributed by atoms with Gasteiger partial charge < -0.3 is 10.2 Å². The van der Waals surface area contributed by atoms with Gasteiger partial charge in [0.05, 0.1) is 5.69 Å². The summed E-state index contributed by atoms with van der Waals surface area (Å²) in [6.07, 6.45) is 4.51. The number of nitrogens with zero attached hydrogens (tertiary/aromatic N) is 2. The predicted octanol–water partition coefficient (Wildman–Crippen LogP) is 3.28. The van der Waals surface area contributed by atoms with Gasteiger partial charge >= 0.3 is 0 Å². The zero-order chi connectivity index (χ0) is 14.5. The van der Waals surface area contributed by atoms with Crippen LogP contribution >= 0.6 is 0 Å². The topological polar surface area (TPSA) is 28.2 Å². The summed E-state index contributed by atoms with van der Waals surface area (Å²) in [4.78, 5) is 6.87. The van der Waals surface area contributed by atoms with Gasteiger partial charge in [-0.1, -0.05) is 18.2 Å². The molecular formula is C18H23N3. The first kappa shape index (κ1) is 14.1. The molecule has 3 nitrogen and oxygen atoms in total. The number of hydrogen-bond acceptors (Lipinski definition) is 3. The average Bonchev–Trinajstić information content (AvgIpc) is 3.04. The zero-order valence-electron chi connectivity index (χ0n) is 12.7. The third-order valence-electron chi connectivity index (χ3n) is 4.15. The van der Waals surface area contributed by atoms with Crippen LogP contribution in [0.1, 0.15) is 29.7 Å². The van der Waals surface area contributed by atoms with Gasteiger partial charge in [0.15, 0.2) is 0 Å². The molecule has 1 aromatic carbocycles. The summed E-state index contributed by atoms with van der Waals surface area (Å²) in [5.41, 5.74) is 5.06. The average molecular weight is 281 g/mol. The first-order chi connectivity index (χ1) is 10.3. The molecule has 1 N–H and O–H groups in total. The van der Waals surface area contributed by atoms with Gasteiger partial charge in [-0.15, -0.1) is 0 Å². The van der Waals surface area contributed by atoms with Crippen molar-refractivity contribution in [1.29, 1.82) is 0 Å². The Balaban J connectivity index is 1.52. The van der Waals surface area contributed by atoms with Gasteiger partial charge in [-0.25, -0.2) is 0 Å². The standard InChI is InChI=1S/C18H23N3/c1-15-5-4-10-20-18(15)14-19-13-16-6-8-17(9-7-16)21-11-2-3-12-21/h4-10,19H,2-3,11-14H2,1H3. The number of nitrogens with one attached hydrogen (secondary N) is 1. The summed E-state index contributed by atoms with van der Waals surface area (Å²) >= 11 is 0. The lowest BCUT2D eigenvalue weighted by Crippen LogP contribution is -2.18. The summed E-state index contributed by atoms with van der Waals surface area (Å²) in [5.74, 6) is 0. The Labute approximate surface area is 127 Å². The molecule has 0 amide bonds. The lowest BCUT2D eigenvalue weighted by Gasteiger charge is -2.17. The van der Waals surface area contributed by atoms with E-state index < -0.39 is 0 Å². The number of aryl methyl sites for hydroxylation is 1. The van der Waals surface area contributed by atoms with E-state index in [0.29, 0.717) is 0 Å². The summed E-state index contributed by atoms with van der Waals surface area (Å²) in [6, 6.07) is 13.0. The van der Waals surface area contributed by atoms with E-state index in [1.807, 2.05) is 12.3 Å². The van der Waals surface area contributed by atoms with Crippen LogP contribution in [0, 0.1) is 6.92 Å². The van der Waals surface area contributed by atoms with Crippen molar-refractivity contribution in [2.24, 2.45) is 0 Å². The maximum atomic E-state index is 4.41. The van der Waals surface area contributed by atoms with Crippen molar-refractivity contribution in [3.05, 3.63) is 59.4 Å². The molecule has 1 fully saturated rings. The van der Waals surface area contributed by atoms with Crippen molar-refractivity contribution in [3.63, 3.8) is 0 Å². The van der Waals surface area contributed by atoms with Crippen molar-refractivity contribution in [2.75, 3.05) is 18.0 Å². The second kappa shape index (κ2) is 6.72. The number of hydrogen-bond donors (Lipinski definition) is 1. The zero-order valence-corrected chi connectivity index (χ0v) is 12.7. The van der Waals surface area contributed by atoms with Crippen LogP contribution in [-0.2, 0) is 13.1 Å². The molecule has 0 atom stereocenters. The molecule has 2 heterocycles. The van der Waals surface area contributed by atoms with Crippen LogP contribution < -0.4 is 10.2 Å². The number of pyridine rings is 1. The maximum absolute atomic E-state index is 4.41. The summed E-state index contributed by atoms with van der Waals surface area (Å²) in [7, 11) is 0. The number of benzene rings is 1. The maximum Gasteiger partial charge on any atom is 0.0570 e. The van der Waals surface area contributed by atoms with Crippen LogP contribution in [0.25, 0.3) is 0 Å². The molecule has 110 valence electrons. The van der Waals surface area contributed by atoms with Gasteiger partial charge in [0.2, 0.25) is 0 Å². The molecule has 1 aromatic heterocycles. The molecule has 0 spiro atoms. The van der Waals surface area contributed by atoms with Gasteiger partial charge in [0.25, 0.3) is 0 Å². The molecule has 2 aromatic rings. The second-order valence-corrected chi connectivity index (χ2v) is 5.73. The first-order valence-electron chi connectivity index (χ1n) is 7.78. The van der Waals surface area contributed by atoms with Crippen LogP contribution in [0.15, 0.2) is 42.6 Å². The van der Waals surface area contributed by atoms with E-state index in [1.165, 1.54) is 42.7 Å². The van der Waals surface area contributed by atoms with Crippen molar-refractivity contribution < 1.29 is 0 Å². The minimum atomic E-state index is 0.820. The summed E-state index contributed by atoms with van der Waals surface area (Å²) in [5, 5.41) is 3.47. The van der Waals surface area contributed by atoms with Crippen molar-refractivity contribution in [3.8, 4) is 0 Å². The van der Waals surface area contributed by atoms with Crippen LogP contribution in [0.2, 0.25) is 0 Å². The fourth-order valence-corrected chi connectivity index (χ4v) is 2.83. The SMILES string of the molecule is Cc1cccnc1CNCc1ccc(N2CCCC2)cc1. The Bertz CT molecular complexity index is 571. The Morgan fingerprint density at radius 3 is 2.52 bits per heavy atom. The molecule has 1 aliphatic heterocycles. The van der Waals surface area contributed by atoms with E-state index in [9.17, 15) is 0 Å². The molecule has 0 aliphatic carbocycles. The minimum absolute atomic E-state index is 0.820. The molecule has 21 heavy (non-hydrogen) atoms. The third kappa shape index (κ3) is 3.61. The normalized spacial score (nSPS) is 14.6. The van der Waals surface area contributed by atoms with Gasteiger partial charge in [0.1, 0.15) is 0 Å². The molecule has 0 saturated carbocycles. The molecule has 1 saturated heterocycles. The van der Waals surface area contributed by atoms with Crippen molar-refractivity contribution in [1.82, 2.24) is 10.3 Å². The van der Waals surface area contributed by atoms with E-state index in [1.54, 1.807) is 0 Å². The smallest absolute Gasteiger partial charge is 0.0570 e. The number of aromatic nitrogens is 1. The Kier molecular flexibility index (Phi) is 4.51. The van der Waals surface area contributed by atoms with Crippen molar-refractivity contribution >= 4 is 5.69 Å². The van der Waals surface area contributed by atoms with Crippen LogP contribution in [0.5, 0.6) is 0 Å². The van der Waals surface area contributed by atoms with E-state index in [2.05, 4.69) is 52.5 Å². The number of anilines is 1. The van der Waals surface area contributed by atoms with E-state index in [-0.39, 0.29) is 0 Å². The molecule has 0 bridgehead atoms. The highest BCUT2D eigenvalue weighted by molar-refractivity contribution is 5.48. The molecule has 0 unspecified atom stereocenters. The second-order valence-electron chi connectivity index (χ2n) is 5.73. The lowest BCUT2D eigenvalue weighted by molar-refractivity contribution is 0.676. The third-order valence-corrected chi connectivity index (χ3v) is 4.15. The first-order valence-corrected chi connectivity index (χ1v) is 7.78. The highest BCUT2D eigenvalue weighted by Crippen LogP contribution is 2.20. The summed E-state index contributed by atoms with van der Waals surface area (Å²) in [6.45, 7) is 6.22. The Morgan fingerprint density at radius 1 is 1.05 bits per heavy atom. The predicted molar refractivity (Wildman–Crippen MR) is 87.4 cm³/mol. The van der Waals surface area contributed by atoms with Crippen LogP contribution in [0.3, 0.4) is 0 Å². The quantitative estimate of drug-likeness (QED) is 0.911. The molecule has 1 aliphatic rings. The van der Waals surface area contributed by atoms with Crippen LogP contribution in [0.4, 0.5) is 5.69 Å². The summed E-state index contributed by atoms with van der Waals surface area (Å²) < 4.78 is 0. The largest absolute Gasteiger partial charge is 0.372 e. The van der Waals surface area contributed by atoms with Gasteiger partial charge in [-0.05, 0) is 49.1 Å².